The van der Waals surface area contributed by atoms with Gasteiger partial charge in [0.05, 0.1) is 52.7 Å². The average Bonchev–Trinajstić information content (AvgIpc) is 2.65. The molecule has 0 aliphatic carbocycles. The van der Waals surface area contributed by atoms with E-state index in [0.29, 0.717) is 26.4 Å². The van der Waals surface area contributed by atoms with Gasteiger partial charge in [0.15, 0.2) is 20.0 Å². The molecule has 0 aliphatic heterocycles. The zero-order valence-electron chi connectivity index (χ0n) is 18.2. The quantitative estimate of drug-likeness (QED) is 0.194. The van der Waals surface area contributed by atoms with Crippen molar-refractivity contribution in [2.75, 3.05) is 66.3 Å². The van der Waals surface area contributed by atoms with Gasteiger partial charge in [-0.1, -0.05) is 0 Å². The summed E-state index contributed by atoms with van der Waals surface area (Å²) < 4.78 is 126. The minimum absolute atomic E-state index is 0.652. The highest BCUT2D eigenvalue weighted by Gasteiger charge is 2.46. The number of quaternary nitrogens is 1. The third-order valence-electron chi connectivity index (χ3n) is 4.31. The zero-order chi connectivity index (χ0) is 25.7. The van der Waals surface area contributed by atoms with Crippen molar-refractivity contribution in [2.45, 2.75) is 31.8 Å². The molecule has 9 nitrogen and oxygen atoms in total. The molecule has 0 saturated heterocycles. The SMILES string of the molecule is CC[N+](CC)(CC)CCOCCOCCOC.O=S(=O)([N-]S(=O)(=O)C(F)(F)F)C(F)(F)F. The van der Waals surface area contributed by atoms with Crippen LogP contribution in [0, 0.1) is 0 Å². The molecule has 32 heavy (non-hydrogen) atoms. The Balaban J connectivity index is 0. The topological polar surface area (TPSA) is 110 Å². The summed E-state index contributed by atoms with van der Waals surface area (Å²) in [4.78, 5) is 0. The van der Waals surface area contributed by atoms with E-state index in [-0.39, 0.29) is 0 Å². The number of ether oxygens (including phenoxy) is 3. The summed E-state index contributed by atoms with van der Waals surface area (Å²) >= 11 is 0. The van der Waals surface area contributed by atoms with Crippen molar-refractivity contribution >= 4 is 20.0 Å². The molecule has 0 aliphatic rings. The van der Waals surface area contributed by atoms with Crippen molar-refractivity contribution in [3.8, 4) is 0 Å². The van der Waals surface area contributed by atoms with Gasteiger partial charge in [-0.2, -0.15) is 26.3 Å². The van der Waals surface area contributed by atoms with E-state index in [9.17, 15) is 43.2 Å². The van der Waals surface area contributed by atoms with Gasteiger partial charge in [0.2, 0.25) is 0 Å². The summed E-state index contributed by atoms with van der Waals surface area (Å²) in [5, 5.41) is 0. The van der Waals surface area contributed by atoms with Crippen LogP contribution in [-0.2, 0) is 34.3 Å². The number of halogens is 6. The van der Waals surface area contributed by atoms with Gasteiger partial charge in [-0.3, -0.25) is 0 Å². The number of hydrogen-bond acceptors (Lipinski definition) is 7. The van der Waals surface area contributed by atoms with Crippen LogP contribution in [0.2, 0.25) is 0 Å². The summed E-state index contributed by atoms with van der Waals surface area (Å²) in [6, 6.07) is 0. The number of likely N-dealkylation sites (N-methyl/N-ethyl adjacent to an activating group) is 1. The fraction of sp³-hybridized carbons (Fsp3) is 1.00. The Bertz CT molecular complexity index is 659. The Kier molecular flexibility index (Phi) is 15.2. The van der Waals surface area contributed by atoms with Gasteiger partial charge in [0, 0.05) is 7.11 Å². The van der Waals surface area contributed by atoms with E-state index in [4.69, 9.17) is 14.2 Å². The maximum absolute atomic E-state index is 11.4. The van der Waals surface area contributed by atoms with E-state index in [0.717, 1.165) is 21.8 Å². The first-order chi connectivity index (χ1) is 14.4. The van der Waals surface area contributed by atoms with Crippen molar-refractivity contribution in [1.29, 1.82) is 0 Å². The highest BCUT2D eigenvalue weighted by Crippen LogP contribution is 2.36. The van der Waals surface area contributed by atoms with Gasteiger partial charge < -0.3 is 22.8 Å². The lowest BCUT2D eigenvalue weighted by molar-refractivity contribution is -0.923. The molecule has 0 fully saturated rings. The molecular weight excluding hydrogens is 498 g/mol. The molecule has 0 saturated carbocycles. The molecule has 0 unspecified atom stereocenters. The van der Waals surface area contributed by atoms with Crippen LogP contribution in [0.15, 0.2) is 0 Å². The Morgan fingerprint density at radius 2 is 1.03 bits per heavy atom. The second-order valence-corrected chi connectivity index (χ2v) is 9.57. The number of nitrogens with zero attached hydrogens (tertiary/aromatic N) is 2. The fourth-order valence-corrected chi connectivity index (χ4v) is 3.79. The smallest absolute Gasteiger partial charge is 0.421 e. The molecule has 0 aromatic carbocycles. The van der Waals surface area contributed by atoms with Gasteiger partial charge in [-0.15, -0.1) is 0 Å². The molecule has 0 rings (SSSR count). The zero-order valence-corrected chi connectivity index (χ0v) is 19.8. The van der Waals surface area contributed by atoms with E-state index < -0.39 is 31.1 Å². The molecule has 0 atom stereocenters. The number of rotatable bonds is 14. The van der Waals surface area contributed by atoms with Crippen LogP contribution in [0.1, 0.15) is 20.8 Å². The van der Waals surface area contributed by atoms with Crippen LogP contribution in [0.25, 0.3) is 4.13 Å². The van der Waals surface area contributed by atoms with E-state index >= 15 is 0 Å². The molecule has 0 heterocycles. The van der Waals surface area contributed by atoms with Crippen molar-refractivity contribution < 1.29 is 61.9 Å². The number of alkyl halides is 6. The van der Waals surface area contributed by atoms with Gasteiger partial charge in [0.25, 0.3) is 0 Å². The highest BCUT2D eigenvalue weighted by atomic mass is 32.3. The molecule has 0 amide bonds. The maximum atomic E-state index is 11.4. The molecule has 0 spiro atoms. The first kappa shape index (κ1) is 33.5. The van der Waals surface area contributed by atoms with Crippen LogP contribution in [0.4, 0.5) is 26.3 Å². The van der Waals surface area contributed by atoms with Crippen molar-refractivity contribution in [3.05, 3.63) is 4.13 Å². The van der Waals surface area contributed by atoms with Gasteiger partial charge in [-0.05, 0) is 20.8 Å². The Morgan fingerprint density at radius 1 is 0.688 bits per heavy atom. The van der Waals surface area contributed by atoms with E-state index in [1.54, 1.807) is 7.11 Å². The van der Waals surface area contributed by atoms with Gasteiger partial charge >= 0.3 is 11.0 Å². The van der Waals surface area contributed by atoms with E-state index in [1.165, 1.54) is 19.6 Å². The summed E-state index contributed by atoms with van der Waals surface area (Å²) in [6.45, 7) is 14.9. The second kappa shape index (κ2) is 14.5. The minimum Gasteiger partial charge on any atom is -0.421 e. The van der Waals surface area contributed by atoms with E-state index in [2.05, 4.69) is 20.8 Å². The summed E-state index contributed by atoms with van der Waals surface area (Å²) in [5.41, 5.74) is -12.4. The second-order valence-electron chi connectivity index (χ2n) is 6.15. The largest absolute Gasteiger partial charge is 0.480 e. The lowest BCUT2D eigenvalue weighted by Crippen LogP contribution is -2.49. The predicted octanol–water partition coefficient (Wildman–Crippen LogP) is 2.60. The monoisotopic (exact) mass is 528 g/mol. The Labute approximate surface area is 184 Å². The lowest BCUT2D eigenvalue weighted by atomic mass is 10.3. The van der Waals surface area contributed by atoms with Crippen LogP contribution in [-0.4, -0.2) is 98.7 Å². The lowest BCUT2D eigenvalue weighted by Gasteiger charge is -2.35. The Morgan fingerprint density at radius 3 is 1.34 bits per heavy atom. The van der Waals surface area contributed by atoms with Crippen LogP contribution < -0.4 is 0 Å². The molecule has 196 valence electrons. The summed E-state index contributed by atoms with van der Waals surface area (Å²) in [6.07, 6.45) is 0. The average molecular weight is 529 g/mol. The molecule has 0 aromatic rings. The third kappa shape index (κ3) is 12.5. The molecule has 0 aromatic heterocycles. The van der Waals surface area contributed by atoms with E-state index in [1.807, 2.05) is 0 Å². The molecular formula is C15H30F6N2O7S2. The number of sulfonamides is 2. The van der Waals surface area contributed by atoms with Crippen LogP contribution >= 0.6 is 0 Å². The van der Waals surface area contributed by atoms with Crippen molar-refractivity contribution in [1.82, 2.24) is 0 Å². The molecule has 17 heteroatoms. The highest BCUT2D eigenvalue weighted by molar-refractivity contribution is 8.13. The van der Waals surface area contributed by atoms with Gasteiger partial charge in [-0.25, -0.2) is 16.8 Å². The maximum Gasteiger partial charge on any atom is 0.480 e. The predicted molar refractivity (Wildman–Crippen MR) is 104 cm³/mol. The first-order valence-corrected chi connectivity index (χ1v) is 12.2. The van der Waals surface area contributed by atoms with Gasteiger partial charge in [0.1, 0.15) is 6.54 Å². The molecule has 0 bridgehead atoms. The molecule has 0 N–H and O–H groups in total. The van der Waals surface area contributed by atoms with Crippen LogP contribution in [0.3, 0.4) is 0 Å². The summed E-state index contributed by atoms with van der Waals surface area (Å²) in [5.74, 6) is 0. The summed E-state index contributed by atoms with van der Waals surface area (Å²) in [7, 11) is -11.8. The van der Waals surface area contributed by atoms with Crippen molar-refractivity contribution in [2.24, 2.45) is 0 Å². The fourth-order valence-electron chi connectivity index (χ4n) is 2.08. The minimum atomic E-state index is -6.72. The van der Waals surface area contributed by atoms with Crippen LogP contribution in [0.5, 0.6) is 0 Å². The number of hydrogen-bond donors (Lipinski definition) is 0. The third-order valence-corrected chi connectivity index (χ3v) is 7.05. The standard InChI is InChI=1S/C13H30NO3.C2F6NO4S2/c1-5-14(6-2,7-3)8-9-16-12-13-17-11-10-15-4;3-1(4,5)14(10,11)9-15(12,13)2(6,7)8/h5-13H2,1-4H3;/q+1;-1. The number of methoxy groups -OCH3 is 1. The Hall–Kier alpha value is -0.720. The first-order valence-electron chi connectivity index (χ1n) is 9.31. The molecule has 0 radical (unpaired) electrons. The van der Waals surface area contributed by atoms with Crippen molar-refractivity contribution in [3.63, 3.8) is 0 Å². The normalized spacial score (nSPS) is 13.6.